The summed E-state index contributed by atoms with van der Waals surface area (Å²) in [4.78, 5) is 12.6. The highest BCUT2D eigenvalue weighted by Crippen LogP contribution is 2.28. The van der Waals surface area contributed by atoms with Gasteiger partial charge in [0, 0.05) is 17.0 Å². The van der Waals surface area contributed by atoms with Crippen molar-refractivity contribution in [3.05, 3.63) is 120 Å². The maximum absolute atomic E-state index is 14.7. The van der Waals surface area contributed by atoms with Crippen LogP contribution >= 0.6 is 0 Å². The van der Waals surface area contributed by atoms with Gasteiger partial charge in [0.1, 0.15) is 11.6 Å². The molecule has 34 heavy (non-hydrogen) atoms. The van der Waals surface area contributed by atoms with E-state index in [4.69, 9.17) is 4.74 Å². The van der Waals surface area contributed by atoms with Gasteiger partial charge >= 0.3 is 5.97 Å². The zero-order chi connectivity index (χ0) is 24.1. The first-order chi connectivity index (χ1) is 16.4. The fourth-order valence-electron chi connectivity index (χ4n) is 3.91. The highest BCUT2D eigenvalue weighted by Gasteiger charge is 2.20. The summed E-state index contributed by atoms with van der Waals surface area (Å²) in [6.07, 6.45) is 0. The lowest BCUT2D eigenvalue weighted by molar-refractivity contribution is -0.145. The second-order valence-electron chi connectivity index (χ2n) is 8.46. The van der Waals surface area contributed by atoms with E-state index in [-0.39, 0.29) is 24.2 Å². The average Bonchev–Trinajstić information content (AvgIpc) is 2.87. The molecule has 0 aliphatic carbocycles. The van der Waals surface area contributed by atoms with Crippen LogP contribution in [0, 0.1) is 11.6 Å². The fraction of sp³-hybridized carbons (Fsp3) is 0.167. The van der Waals surface area contributed by atoms with Gasteiger partial charge in [0.05, 0.1) is 12.5 Å². The summed E-state index contributed by atoms with van der Waals surface area (Å²) >= 11 is 0. The van der Waals surface area contributed by atoms with Crippen LogP contribution in [0.4, 0.5) is 8.78 Å². The Bertz CT molecular complexity index is 1270. The van der Waals surface area contributed by atoms with Crippen molar-refractivity contribution in [3.8, 4) is 22.3 Å². The number of hydrogen-bond acceptors (Lipinski definition) is 2. The van der Waals surface area contributed by atoms with E-state index in [9.17, 15) is 13.6 Å². The zero-order valence-corrected chi connectivity index (χ0v) is 19.2. The minimum atomic E-state index is -0.622. The van der Waals surface area contributed by atoms with Gasteiger partial charge in [-0.1, -0.05) is 91.9 Å². The van der Waals surface area contributed by atoms with Crippen molar-refractivity contribution in [2.75, 3.05) is 6.61 Å². The summed E-state index contributed by atoms with van der Waals surface area (Å²) in [7, 11) is 0. The third-order valence-electron chi connectivity index (χ3n) is 6.05. The summed E-state index contributed by atoms with van der Waals surface area (Å²) in [5.41, 5.74) is 3.90. The van der Waals surface area contributed by atoms with Gasteiger partial charge in [-0.2, -0.15) is 0 Å². The van der Waals surface area contributed by atoms with Crippen LogP contribution in [0.25, 0.3) is 22.3 Å². The van der Waals surface area contributed by atoms with E-state index >= 15 is 0 Å². The van der Waals surface area contributed by atoms with Crippen LogP contribution in [0.1, 0.15) is 36.8 Å². The SMILES string of the molecule is C[C@H](COC(=O)[C@H](C)c1ccc(-c2ccccc2)c(F)c1)c1ccc(-c2ccccc2)c(F)c1. The third-order valence-corrected chi connectivity index (χ3v) is 6.05. The Labute approximate surface area is 198 Å². The molecule has 0 unspecified atom stereocenters. The first-order valence-corrected chi connectivity index (χ1v) is 11.3. The van der Waals surface area contributed by atoms with Gasteiger partial charge in [-0.15, -0.1) is 0 Å². The molecule has 0 bridgehead atoms. The quantitative estimate of drug-likeness (QED) is 0.266. The summed E-state index contributed by atoms with van der Waals surface area (Å²) in [6.45, 7) is 3.68. The predicted octanol–water partition coefficient (Wildman–Crippen LogP) is 7.75. The number of benzene rings is 4. The molecule has 0 saturated carbocycles. The molecule has 0 saturated heterocycles. The summed E-state index contributed by atoms with van der Waals surface area (Å²) in [5, 5.41) is 0. The molecule has 0 aliphatic rings. The van der Waals surface area contributed by atoms with Crippen molar-refractivity contribution < 1.29 is 18.3 Å². The number of hydrogen-bond donors (Lipinski definition) is 0. The number of rotatable bonds is 7. The fourth-order valence-corrected chi connectivity index (χ4v) is 3.91. The van der Waals surface area contributed by atoms with Crippen molar-refractivity contribution >= 4 is 5.97 Å². The normalized spacial score (nSPS) is 12.7. The Balaban J connectivity index is 1.39. The second kappa shape index (κ2) is 10.4. The Hall–Kier alpha value is -3.79. The van der Waals surface area contributed by atoms with Gasteiger partial charge in [-0.05, 0) is 41.3 Å². The van der Waals surface area contributed by atoms with Crippen LogP contribution in [0.5, 0.6) is 0 Å². The van der Waals surface area contributed by atoms with Crippen molar-refractivity contribution in [3.63, 3.8) is 0 Å². The molecule has 0 aliphatic heterocycles. The number of halogens is 2. The zero-order valence-electron chi connectivity index (χ0n) is 19.2. The molecule has 2 nitrogen and oxygen atoms in total. The first kappa shape index (κ1) is 23.4. The Kier molecular flexibility index (Phi) is 7.17. The van der Waals surface area contributed by atoms with Gasteiger partial charge in [0.15, 0.2) is 0 Å². The Morgan fingerprint density at radius 1 is 0.706 bits per heavy atom. The van der Waals surface area contributed by atoms with Crippen LogP contribution in [-0.2, 0) is 9.53 Å². The predicted molar refractivity (Wildman–Crippen MR) is 131 cm³/mol. The molecule has 0 spiro atoms. The maximum atomic E-state index is 14.7. The Morgan fingerprint density at radius 3 is 1.68 bits per heavy atom. The molecule has 4 aromatic rings. The van der Waals surface area contributed by atoms with E-state index in [1.807, 2.05) is 73.7 Å². The maximum Gasteiger partial charge on any atom is 0.313 e. The third kappa shape index (κ3) is 5.23. The lowest BCUT2D eigenvalue weighted by Gasteiger charge is -2.17. The summed E-state index contributed by atoms with van der Waals surface area (Å²) in [6, 6.07) is 28.5. The van der Waals surface area contributed by atoms with Gasteiger partial charge in [0.25, 0.3) is 0 Å². The molecule has 0 fully saturated rings. The smallest absolute Gasteiger partial charge is 0.313 e. The van der Waals surface area contributed by atoms with Crippen LogP contribution in [0.3, 0.4) is 0 Å². The molecule has 2 atom stereocenters. The van der Waals surface area contributed by atoms with Crippen molar-refractivity contribution in [2.45, 2.75) is 25.7 Å². The minimum Gasteiger partial charge on any atom is -0.465 e. The van der Waals surface area contributed by atoms with E-state index in [2.05, 4.69) is 0 Å². The lowest BCUT2D eigenvalue weighted by atomic mass is 9.96. The second-order valence-corrected chi connectivity index (χ2v) is 8.46. The highest BCUT2D eigenvalue weighted by molar-refractivity contribution is 5.78. The monoisotopic (exact) mass is 456 g/mol. The highest BCUT2D eigenvalue weighted by atomic mass is 19.1. The summed E-state index contributed by atoms with van der Waals surface area (Å²) < 4.78 is 34.9. The average molecular weight is 457 g/mol. The molecule has 0 amide bonds. The van der Waals surface area contributed by atoms with E-state index < -0.39 is 11.9 Å². The van der Waals surface area contributed by atoms with Gasteiger partial charge in [-0.3, -0.25) is 4.79 Å². The van der Waals surface area contributed by atoms with E-state index in [1.54, 1.807) is 25.1 Å². The lowest BCUT2D eigenvalue weighted by Crippen LogP contribution is -2.17. The van der Waals surface area contributed by atoms with Crippen LogP contribution in [0.2, 0.25) is 0 Å². The van der Waals surface area contributed by atoms with Gasteiger partial charge in [0.2, 0.25) is 0 Å². The standard InChI is InChI=1S/C30H26F2O2/c1-20(24-13-15-26(28(31)17-24)22-9-5-3-6-10-22)19-34-30(33)21(2)25-14-16-27(29(32)18-25)23-11-7-4-8-12-23/h3-18,20-21H,19H2,1-2H3/t20-,21-/m1/s1. The molecular weight excluding hydrogens is 430 g/mol. The van der Waals surface area contributed by atoms with Crippen molar-refractivity contribution in [1.29, 1.82) is 0 Å². The molecule has 0 radical (unpaired) electrons. The number of carbonyl (C=O) groups is 1. The van der Waals surface area contributed by atoms with Crippen molar-refractivity contribution in [1.82, 2.24) is 0 Å². The van der Waals surface area contributed by atoms with Crippen LogP contribution in [-0.4, -0.2) is 12.6 Å². The summed E-state index contributed by atoms with van der Waals surface area (Å²) in [5.74, 6) is -1.95. The minimum absolute atomic E-state index is 0.109. The van der Waals surface area contributed by atoms with Crippen LogP contribution in [0.15, 0.2) is 97.1 Å². The number of carbonyl (C=O) groups excluding carboxylic acids is 1. The molecule has 4 aromatic carbocycles. The van der Waals surface area contributed by atoms with Crippen molar-refractivity contribution in [2.24, 2.45) is 0 Å². The van der Waals surface area contributed by atoms with Gasteiger partial charge in [-0.25, -0.2) is 8.78 Å². The first-order valence-electron chi connectivity index (χ1n) is 11.3. The molecule has 0 heterocycles. The van der Waals surface area contributed by atoms with E-state index in [0.717, 1.165) is 16.7 Å². The van der Waals surface area contributed by atoms with Crippen LogP contribution < -0.4 is 0 Å². The topological polar surface area (TPSA) is 26.3 Å². The molecule has 4 rings (SSSR count). The van der Waals surface area contributed by atoms with E-state index in [1.165, 1.54) is 12.1 Å². The molecule has 4 heteroatoms. The molecule has 0 aromatic heterocycles. The molecular formula is C30H26F2O2. The number of ether oxygens (including phenoxy) is 1. The van der Waals surface area contributed by atoms with E-state index in [0.29, 0.717) is 16.7 Å². The largest absolute Gasteiger partial charge is 0.465 e. The molecule has 172 valence electrons. The number of esters is 1. The Morgan fingerprint density at radius 2 is 1.18 bits per heavy atom. The van der Waals surface area contributed by atoms with Gasteiger partial charge < -0.3 is 4.74 Å². The molecule has 0 N–H and O–H groups in total.